The summed E-state index contributed by atoms with van der Waals surface area (Å²) in [6, 6.07) is 3.99. The van der Waals surface area contributed by atoms with Crippen molar-refractivity contribution in [2.24, 2.45) is 0 Å². The molecule has 5 heteroatoms. The van der Waals surface area contributed by atoms with Gasteiger partial charge >= 0.3 is 0 Å². The molecular formula is C16H19N3O2. The Morgan fingerprint density at radius 1 is 1.43 bits per heavy atom. The van der Waals surface area contributed by atoms with Gasteiger partial charge in [-0.25, -0.2) is 0 Å². The minimum atomic E-state index is -0.0646. The number of aromatic amines is 1. The summed E-state index contributed by atoms with van der Waals surface area (Å²) in [7, 11) is 0. The van der Waals surface area contributed by atoms with E-state index in [0.29, 0.717) is 13.2 Å². The largest absolute Gasteiger partial charge is 0.371 e. The van der Waals surface area contributed by atoms with Gasteiger partial charge in [-0.2, -0.15) is 5.10 Å². The lowest BCUT2D eigenvalue weighted by molar-refractivity contribution is -0.142. The van der Waals surface area contributed by atoms with Gasteiger partial charge in [0.2, 0.25) is 0 Å². The van der Waals surface area contributed by atoms with Crippen LogP contribution in [-0.2, 0) is 4.74 Å². The zero-order valence-electron chi connectivity index (χ0n) is 12.2. The van der Waals surface area contributed by atoms with E-state index < -0.39 is 0 Å². The number of carbonyl (C=O) groups is 1. The molecule has 1 aromatic heterocycles. The van der Waals surface area contributed by atoms with Crippen LogP contribution < -0.4 is 0 Å². The van der Waals surface area contributed by atoms with Crippen molar-refractivity contribution in [3.8, 4) is 0 Å². The van der Waals surface area contributed by atoms with E-state index in [4.69, 9.17) is 4.74 Å². The van der Waals surface area contributed by atoms with E-state index in [1.807, 2.05) is 24.0 Å². The van der Waals surface area contributed by atoms with E-state index in [2.05, 4.69) is 10.2 Å². The molecule has 5 nitrogen and oxygen atoms in total. The van der Waals surface area contributed by atoms with E-state index in [1.165, 1.54) is 6.42 Å². The smallest absolute Gasteiger partial charge is 0.256 e. The second-order valence-electron chi connectivity index (χ2n) is 6.26. The quantitative estimate of drug-likeness (QED) is 0.874. The van der Waals surface area contributed by atoms with E-state index in [1.54, 1.807) is 6.20 Å². The monoisotopic (exact) mass is 285 g/mol. The zero-order chi connectivity index (χ0) is 14.4. The third-order valence-corrected chi connectivity index (χ3v) is 4.72. The lowest BCUT2D eigenvalue weighted by atomic mass is 9.78. The predicted octanol–water partition coefficient (Wildman–Crippen LogP) is 2.27. The van der Waals surface area contributed by atoms with Crippen LogP contribution in [0.2, 0.25) is 0 Å². The maximum Gasteiger partial charge on any atom is 0.256 e. The Kier molecular flexibility index (Phi) is 2.79. The average Bonchev–Trinajstić information content (AvgIpc) is 2.92. The van der Waals surface area contributed by atoms with Crippen LogP contribution in [0.15, 0.2) is 18.3 Å². The molecule has 0 bridgehead atoms. The van der Waals surface area contributed by atoms with Gasteiger partial charge in [0.05, 0.1) is 36.0 Å². The predicted molar refractivity (Wildman–Crippen MR) is 79.3 cm³/mol. The number of amides is 1. The van der Waals surface area contributed by atoms with Crippen LogP contribution >= 0.6 is 0 Å². The molecule has 110 valence electrons. The van der Waals surface area contributed by atoms with Crippen molar-refractivity contribution in [3.05, 3.63) is 29.5 Å². The number of hydrogen-bond acceptors (Lipinski definition) is 3. The third kappa shape index (κ3) is 2.03. The Labute approximate surface area is 123 Å². The third-order valence-electron chi connectivity index (χ3n) is 4.72. The van der Waals surface area contributed by atoms with Gasteiger partial charge < -0.3 is 9.64 Å². The molecule has 21 heavy (non-hydrogen) atoms. The van der Waals surface area contributed by atoms with E-state index in [9.17, 15) is 4.79 Å². The highest BCUT2D eigenvalue weighted by Gasteiger charge is 2.43. The SMILES string of the molecule is Cc1cc(C(=O)N2CCOC3(CCC3)C2)c2[nH]ncc2c1. The first-order chi connectivity index (χ1) is 10.2. The molecule has 2 heterocycles. The molecule has 2 fully saturated rings. The average molecular weight is 285 g/mol. The van der Waals surface area contributed by atoms with Gasteiger partial charge in [0, 0.05) is 11.9 Å². The van der Waals surface area contributed by atoms with E-state index in [-0.39, 0.29) is 11.5 Å². The van der Waals surface area contributed by atoms with Gasteiger partial charge in [0.15, 0.2) is 0 Å². The number of nitrogens with one attached hydrogen (secondary N) is 1. The summed E-state index contributed by atoms with van der Waals surface area (Å²) in [6.45, 7) is 4.04. The number of aryl methyl sites for hydroxylation is 1. The first kappa shape index (κ1) is 12.8. The lowest BCUT2D eigenvalue weighted by Gasteiger charge is -2.48. The maximum absolute atomic E-state index is 12.9. The van der Waals surface area contributed by atoms with Crippen molar-refractivity contribution in [2.75, 3.05) is 19.7 Å². The van der Waals surface area contributed by atoms with Gasteiger partial charge in [0.1, 0.15) is 0 Å². The Hall–Kier alpha value is -1.88. The number of ether oxygens (including phenoxy) is 1. The molecule has 1 spiro atoms. The standard InChI is InChI=1S/C16H19N3O2/c1-11-7-12-9-17-18-14(12)13(8-11)15(20)19-5-6-21-16(10-19)3-2-4-16/h7-9H,2-6,10H2,1H3,(H,17,18). The Morgan fingerprint density at radius 2 is 2.29 bits per heavy atom. The van der Waals surface area contributed by atoms with Crippen LogP contribution in [0, 0.1) is 6.92 Å². The second kappa shape index (κ2) is 4.56. The lowest BCUT2D eigenvalue weighted by Crippen LogP contribution is -2.57. The number of fused-ring (bicyclic) bond motifs is 1. The van der Waals surface area contributed by atoms with Crippen molar-refractivity contribution in [2.45, 2.75) is 31.8 Å². The van der Waals surface area contributed by atoms with Gasteiger partial charge in [-0.05, 0) is 43.9 Å². The minimum Gasteiger partial charge on any atom is -0.371 e. The molecule has 2 aromatic rings. The number of hydrogen-bond donors (Lipinski definition) is 1. The van der Waals surface area contributed by atoms with Crippen molar-refractivity contribution >= 4 is 16.8 Å². The van der Waals surface area contributed by atoms with Crippen LogP contribution in [-0.4, -0.2) is 46.3 Å². The summed E-state index contributed by atoms with van der Waals surface area (Å²) in [5, 5.41) is 8.01. The maximum atomic E-state index is 12.9. The molecule has 1 saturated heterocycles. The zero-order valence-corrected chi connectivity index (χ0v) is 12.2. The number of aromatic nitrogens is 2. The fourth-order valence-corrected chi connectivity index (χ4v) is 3.44. The second-order valence-corrected chi connectivity index (χ2v) is 6.26. The molecule has 1 aliphatic carbocycles. The number of morpholine rings is 1. The van der Waals surface area contributed by atoms with Crippen molar-refractivity contribution in [1.29, 1.82) is 0 Å². The summed E-state index contributed by atoms with van der Waals surface area (Å²) in [6.07, 6.45) is 5.12. The Balaban J connectivity index is 1.68. The molecule has 1 aromatic carbocycles. The molecule has 1 amide bonds. The highest BCUT2D eigenvalue weighted by Crippen LogP contribution is 2.38. The highest BCUT2D eigenvalue weighted by molar-refractivity contribution is 6.05. The number of rotatable bonds is 1. The molecule has 1 saturated carbocycles. The summed E-state index contributed by atoms with van der Waals surface area (Å²) in [4.78, 5) is 14.9. The van der Waals surface area contributed by atoms with Crippen molar-refractivity contribution in [1.82, 2.24) is 15.1 Å². The van der Waals surface area contributed by atoms with E-state index >= 15 is 0 Å². The van der Waals surface area contributed by atoms with Gasteiger partial charge in [-0.1, -0.05) is 0 Å². The molecule has 0 radical (unpaired) electrons. The van der Waals surface area contributed by atoms with Crippen LogP contribution in [0.4, 0.5) is 0 Å². The number of carbonyl (C=O) groups excluding carboxylic acids is 1. The molecular weight excluding hydrogens is 266 g/mol. The summed E-state index contributed by atoms with van der Waals surface area (Å²) < 4.78 is 5.90. The van der Waals surface area contributed by atoms with Gasteiger partial charge in [-0.15, -0.1) is 0 Å². The fraction of sp³-hybridized carbons (Fsp3) is 0.500. The summed E-state index contributed by atoms with van der Waals surface area (Å²) in [5.74, 6) is 0.0857. The van der Waals surface area contributed by atoms with Crippen LogP contribution in [0.1, 0.15) is 35.2 Å². The first-order valence-corrected chi connectivity index (χ1v) is 7.54. The number of benzene rings is 1. The molecule has 1 aliphatic heterocycles. The molecule has 1 N–H and O–H groups in total. The molecule has 2 aliphatic rings. The van der Waals surface area contributed by atoms with Crippen LogP contribution in [0.25, 0.3) is 10.9 Å². The fourth-order valence-electron chi connectivity index (χ4n) is 3.44. The van der Waals surface area contributed by atoms with E-state index in [0.717, 1.165) is 41.4 Å². The van der Waals surface area contributed by atoms with Crippen molar-refractivity contribution < 1.29 is 9.53 Å². The summed E-state index contributed by atoms with van der Waals surface area (Å²) >= 11 is 0. The topological polar surface area (TPSA) is 58.2 Å². The molecule has 0 unspecified atom stereocenters. The summed E-state index contributed by atoms with van der Waals surface area (Å²) in [5.41, 5.74) is 2.57. The van der Waals surface area contributed by atoms with Crippen molar-refractivity contribution in [3.63, 3.8) is 0 Å². The van der Waals surface area contributed by atoms with Crippen LogP contribution in [0.5, 0.6) is 0 Å². The molecule has 4 rings (SSSR count). The minimum absolute atomic E-state index is 0.0646. The Morgan fingerprint density at radius 3 is 3.05 bits per heavy atom. The first-order valence-electron chi connectivity index (χ1n) is 7.54. The normalized spacial score (nSPS) is 20.7. The Bertz CT molecular complexity index is 703. The molecule has 0 atom stereocenters. The highest BCUT2D eigenvalue weighted by atomic mass is 16.5. The van der Waals surface area contributed by atoms with Crippen LogP contribution in [0.3, 0.4) is 0 Å². The van der Waals surface area contributed by atoms with Gasteiger partial charge in [0.25, 0.3) is 5.91 Å². The number of nitrogens with zero attached hydrogens (tertiary/aromatic N) is 2. The number of H-pyrrole nitrogens is 1. The van der Waals surface area contributed by atoms with Gasteiger partial charge in [-0.3, -0.25) is 9.89 Å².